The first-order valence-corrected chi connectivity index (χ1v) is 4.29. The average molecular weight is 217 g/mol. The summed E-state index contributed by atoms with van der Waals surface area (Å²) in [4.78, 5) is 10.3. The molecule has 0 rings (SSSR count). The second-order valence-electron chi connectivity index (χ2n) is 1.98. The smallest absolute Gasteiger partial charge is 0.316 e. The van der Waals surface area contributed by atoms with E-state index in [1.165, 1.54) is 0 Å². The number of halogens is 2. The summed E-state index contributed by atoms with van der Waals surface area (Å²) in [5.74, 6) is -0.380. The van der Waals surface area contributed by atoms with E-state index in [4.69, 9.17) is 33.0 Å². The van der Waals surface area contributed by atoms with E-state index in [0.29, 0.717) is 0 Å². The molecule has 1 N–H and O–H groups in total. The molecule has 0 heterocycles. The average Bonchev–Trinajstić information content (AvgIpc) is 1.98. The third kappa shape index (κ3) is 5.60. The van der Waals surface area contributed by atoms with Crippen LogP contribution in [0.2, 0.25) is 0 Å². The molecule has 12 heavy (non-hydrogen) atoms. The fourth-order valence-corrected chi connectivity index (χ4v) is 0.924. The van der Waals surface area contributed by atoms with E-state index in [2.05, 4.69) is 4.74 Å². The lowest BCUT2D eigenvalue weighted by molar-refractivity contribution is -0.263. The van der Waals surface area contributed by atoms with E-state index >= 15 is 0 Å². The van der Waals surface area contributed by atoms with E-state index in [1.54, 1.807) is 0 Å². The van der Waals surface area contributed by atoms with Gasteiger partial charge in [-0.05, 0) is 0 Å². The van der Waals surface area contributed by atoms with Crippen LogP contribution in [-0.4, -0.2) is 35.4 Å². The predicted molar refractivity (Wildman–Crippen MR) is 44.1 cm³/mol. The second kappa shape index (κ2) is 6.48. The molecule has 0 amide bonds. The van der Waals surface area contributed by atoms with Crippen molar-refractivity contribution in [2.24, 2.45) is 0 Å². The van der Waals surface area contributed by atoms with Gasteiger partial charge in [0.25, 0.3) is 0 Å². The van der Waals surface area contributed by atoms with Crippen LogP contribution in [0.25, 0.3) is 0 Å². The van der Waals surface area contributed by atoms with Crippen molar-refractivity contribution in [1.82, 2.24) is 0 Å². The Kier molecular flexibility index (Phi) is 6.47. The molecule has 4 nitrogen and oxygen atoms in total. The van der Waals surface area contributed by atoms with Crippen LogP contribution in [0.4, 0.5) is 0 Å². The zero-order valence-electron chi connectivity index (χ0n) is 6.50. The highest BCUT2D eigenvalue weighted by molar-refractivity contribution is 6.21. The van der Waals surface area contributed by atoms with Crippen LogP contribution < -0.4 is 0 Å². The molecule has 0 aromatic carbocycles. The summed E-state index contributed by atoms with van der Waals surface area (Å²) < 4.78 is 8.97. The van der Waals surface area contributed by atoms with E-state index in [9.17, 15) is 4.79 Å². The Morgan fingerprint density at radius 2 is 2.00 bits per heavy atom. The number of carbonyl (C=O) groups excluding carboxylic acids is 1. The second-order valence-corrected chi connectivity index (χ2v) is 2.60. The van der Waals surface area contributed by atoms with Crippen LogP contribution >= 0.6 is 23.2 Å². The molecule has 0 aliphatic carbocycles. The Morgan fingerprint density at radius 1 is 1.50 bits per heavy atom. The number of aliphatic hydroxyl groups excluding tert-OH is 1. The molecular formula is C6H10Cl2O4. The van der Waals surface area contributed by atoms with Gasteiger partial charge in [0.05, 0.1) is 17.9 Å². The highest BCUT2D eigenvalue weighted by Gasteiger charge is 2.14. The molecule has 0 fully saturated rings. The van der Waals surface area contributed by atoms with Gasteiger partial charge in [-0.25, -0.2) is 0 Å². The molecule has 0 saturated carbocycles. The van der Waals surface area contributed by atoms with Gasteiger partial charge in [0.1, 0.15) is 0 Å². The van der Waals surface area contributed by atoms with Crippen molar-refractivity contribution in [3.05, 3.63) is 0 Å². The van der Waals surface area contributed by atoms with Gasteiger partial charge >= 0.3 is 12.4 Å². The Balaban J connectivity index is 3.65. The first kappa shape index (κ1) is 12.0. The molecule has 0 radical (unpaired) electrons. The van der Waals surface area contributed by atoms with Crippen molar-refractivity contribution >= 4 is 29.2 Å². The minimum atomic E-state index is -1.59. The van der Waals surface area contributed by atoms with Crippen molar-refractivity contribution in [3.63, 3.8) is 0 Å². The van der Waals surface area contributed by atoms with Crippen LogP contribution in [0.1, 0.15) is 6.92 Å². The molecular weight excluding hydrogens is 207 g/mol. The molecule has 0 spiro atoms. The maximum Gasteiger partial charge on any atom is 0.316 e. The summed E-state index contributed by atoms with van der Waals surface area (Å²) in [5.41, 5.74) is 0. The third-order valence-electron chi connectivity index (χ3n) is 0.920. The minimum absolute atomic E-state index is 0.127. The largest absolute Gasteiger partial charge is 0.411 e. The van der Waals surface area contributed by atoms with E-state index in [-0.39, 0.29) is 11.8 Å². The number of rotatable bonds is 5. The van der Waals surface area contributed by atoms with Crippen LogP contribution in [-0.2, 0) is 14.3 Å². The molecule has 0 unspecified atom stereocenters. The van der Waals surface area contributed by atoms with Crippen molar-refractivity contribution < 1.29 is 19.4 Å². The monoisotopic (exact) mass is 216 g/mol. The van der Waals surface area contributed by atoms with Crippen molar-refractivity contribution in [1.29, 1.82) is 0 Å². The standard InChI is InChI=1S/C6H10Cl2O4/c1-4(9)11-6(10)12-5(2-7)3-8/h5-6,10H,2-3H2,1H3/t6-/m0/s1. The summed E-state index contributed by atoms with van der Waals surface area (Å²) in [6.45, 7) is -0.437. The zero-order valence-corrected chi connectivity index (χ0v) is 8.01. The summed E-state index contributed by atoms with van der Waals surface area (Å²) in [6, 6.07) is 0. The number of hydrogen-bond donors (Lipinski definition) is 1. The van der Waals surface area contributed by atoms with Gasteiger partial charge in [0, 0.05) is 6.92 Å². The van der Waals surface area contributed by atoms with Crippen molar-refractivity contribution in [2.75, 3.05) is 11.8 Å². The summed E-state index contributed by atoms with van der Waals surface area (Å²) >= 11 is 10.8. The topological polar surface area (TPSA) is 55.8 Å². The molecule has 0 aliphatic rings. The fraction of sp³-hybridized carbons (Fsp3) is 0.833. The minimum Gasteiger partial charge on any atom is -0.411 e. The first-order valence-electron chi connectivity index (χ1n) is 3.22. The number of esters is 1. The van der Waals surface area contributed by atoms with Crippen molar-refractivity contribution in [3.8, 4) is 0 Å². The summed E-state index contributed by atoms with van der Waals surface area (Å²) in [7, 11) is 0. The highest BCUT2D eigenvalue weighted by atomic mass is 35.5. The molecule has 72 valence electrons. The Morgan fingerprint density at radius 3 is 2.33 bits per heavy atom. The molecule has 1 atom stereocenters. The van der Waals surface area contributed by atoms with Gasteiger partial charge < -0.3 is 14.6 Å². The van der Waals surface area contributed by atoms with E-state index in [0.717, 1.165) is 6.92 Å². The summed E-state index contributed by atoms with van der Waals surface area (Å²) in [5, 5.41) is 8.87. The van der Waals surface area contributed by atoms with Crippen LogP contribution in [0.5, 0.6) is 0 Å². The van der Waals surface area contributed by atoms with Gasteiger partial charge in [-0.1, -0.05) is 0 Å². The Labute approximate surface area is 80.4 Å². The molecule has 0 aromatic heterocycles. The number of hydrogen-bond acceptors (Lipinski definition) is 4. The van der Waals surface area contributed by atoms with Crippen LogP contribution in [0.3, 0.4) is 0 Å². The Bertz CT molecular complexity index is 138. The first-order chi connectivity index (χ1) is 5.60. The number of alkyl halides is 2. The highest BCUT2D eigenvalue weighted by Crippen LogP contribution is 2.02. The fourth-order valence-electron chi connectivity index (χ4n) is 0.448. The van der Waals surface area contributed by atoms with Crippen LogP contribution in [0.15, 0.2) is 0 Å². The maximum atomic E-state index is 10.3. The SMILES string of the molecule is CC(=O)O[C@H](O)OC(CCl)CCl. The number of aliphatic hydroxyl groups is 1. The molecule has 6 heteroatoms. The molecule has 0 aromatic rings. The lowest BCUT2D eigenvalue weighted by Crippen LogP contribution is -2.28. The Hall–Kier alpha value is -0.0300. The van der Waals surface area contributed by atoms with Gasteiger partial charge in [-0.3, -0.25) is 4.79 Å². The van der Waals surface area contributed by atoms with Crippen molar-refractivity contribution in [2.45, 2.75) is 19.5 Å². The quantitative estimate of drug-likeness (QED) is 0.418. The molecule has 0 saturated heterocycles. The van der Waals surface area contributed by atoms with E-state index < -0.39 is 18.5 Å². The lowest BCUT2D eigenvalue weighted by Gasteiger charge is -2.16. The van der Waals surface area contributed by atoms with Gasteiger partial charge in [0.2, 0.25) is 0 Å². The predicted octanol–water partition coefficient (Wildman–Crippen LogP) is 0.688. The molecule has 0 bridgehead atoms. The number of carbonyl (C=O) groups is 1. The zero-order chi connectivity index (χ0) is 9.56. The number of ether oxygens (including phenoxy) is 2. The van der Waals surface area contributed by atoms with E-state index in [1.807, 2.05) is 0 Å². The third-order valence-corrected chi connectivity index (χ3v) is 1.61. The normalized spacial score (nSPS) is 13.1. The van der Waals surface area contributed by atoms with Crippen LogP contribution in [0, 0.1) is 0 Å². The van der Waals surface area contributed by atoms with Gasteiger partial charge in [-0.15, -0.1) is 23.2 Å². The lowest BCUT2D eigenvalue weighted by atomic mass is 10.5. The van der Waals surface area contributed by atoms with Gasteiger partial charge in [-0.2, -0.15) is 0 Å². The summed E-state index contributed by atoms with van der Waals surface area (Å²) in [6.07, 6.45) is -0.525. The maximum absolute atomic E-state index is 10.3. The van der Waals surface area contributed by atoms with Gasteiger partial charge in [0.15, 0.2) is 0 Å². The molecule has 0 aliphatic heterocycles.